The van der Waals surface area contributed by atoms with Crippen LogP contribution in [0.5, 0.6) is 5.75 Å². The number of alkyl halides is 1. The molecule has 0 N–H and O–H groups in total. The Labute approximate surface area is 115 Å². The second kappa shape index (κ2) is 5.26. The number of rotatable bonds is 5. The van der Waals surface area contributed by atoms with E-state index in [-0.39, 0.29) is 16.0 Å². The highest BCUT2D eigenvalue weighted by molar-refractivity contribution is 9.09. The monoisotopic (exact) mass is 313 g/mol. The van der Waals surface area contributed by atoms with Crippen LogP contribution in [0.1, 0.15) is 24.8 Å². The zero-order chi connectivity index (χ0) is 13.2. The minimum atomic E-state index is -0.386. The molecule has 18 heavy (non-hydrogen) atoms. The molecule has 0 heterocycles. The van der Waals surface area contributed by atoms with Crippen LogP contribution in [0.25, 0.3) is 0 Å². The van der Waals surface area contributed by atoms with E-state index < -0.39 is 0 Å². The zero-order valence-corrected chi connectivity index (χ0v) is 11.9. The summed E-state index contributed by atoms with van der Waals surface area (Å²) >= 11 is 3.54. The van der Waals surface area contributed by atoms with Crippen molar-refractivity contribution in [3.8, 4) is 5.75 Å². The molecule has 0 bridgehead atoms. The minimum absolute atomic E-state index is 0.110. The number of ether oxygens (including phenoxy) is 1. The maximum atomic E-state index is 10.6. The van der Waals surface area contributed by atoms with Crippen molar-refractivity contribution in [3.63, 3.8) is 0 Å². The number of aryl methyl sites for hydroxylation is 1. The van der Waals surface area contributed by atoms with Gasteiger partial charge in [-0.05, 0) is 31.4 Å². The SMILES string of the molecule is Cc1cc([N+](=O)[O-])ccc1OCC1(CBr)CCC1. The van der Waals surface area contributed by atoms with Gasteiger partial charge in [-0.25, -0.2) is 0 Å². The van der Waals surface area contributed by atoms with Crippen molar-refractivity contribution in [2.24, 2.45) is 5.41 Å². The zero-order valence-electron chi connectivity index (χ0n) is 10.3. The third-order valence-corrected chi connectivity index (χ3v) is 4.79. The second-order valence-corrected chi connectivity index (χ2v) is 5.54. The van der Waals surface area contributed by atoms with Crippen molar-refractivity contribution < 1.29 is 9.66 Å². The van der Waals surface area contributed by atoms with Crippen LogP contribution < -0.4 is 4.74 Å². The lowest BCUT2D eigenvalue weighted by molar-refractivity contribution is -0.384. The molecule has 1 saturated carbocycles. The Morgan fingerprint density at radius 3 is 2.67 bits per heavy atom. The first-order chi connectivity index (χ1) is 8.56. The van der Waals surface area contributed by atoms with Crippen molar-refractivity contribution in [3.05, 3.63) is 33.9 Å². The summed E-state index contributed by atoms with van der Waals surface area (Å²) in [6.45, 7) is 2.51. The molecule has 0 spiro atoms. The van der Waals surface area contributed by atoms with Gasteiger partial charge < -0.3 is 4.74 Å². The molecule has 1 aliphatic carbocycles. The van der Waals surface area contributed by atoms with Crippen LogP contribution in [-0.4, -0.2) is 16.9 Å². The van der Waals surface area contributed by atoms with E-state index in [9.17, 15) is 10.1 Å². The highest BCUT2D eigenvalue weighted by Crippen LogP contribution is 2.42. The predicted octanol–water partition coefficient (Wildman–Crippen LogP) is 3.85. The molecule has 0 unspecified atom stereocenters. The Hall–Kier alpha value is -1.10. The molecule has 0 amide bonds. The fourth-order valence-electron chi connectivity index (χ4n) is 2.13. The maximum absolute atomic E-state index is 10.6. The van der Waals surface area contributed by atoms with Gasteiger partial charge in [0.1, 0.15) is 5.75 Å². The van der Waals surface area contributed by atoms with E-state index in [0.29, 0.717) is 6.61 Å². The second-order valence-electron chi connectivity index (χ2n) is 4.98. The number of nitro groups is 1. The van der Waals surface area contributed by atoms with E-state index >= 15 is 0 Å². The van der Waals surface area contributed by atoms with Gasteiger partial charge in [0.15, 0.2) is 0 Å². The first-order valence-electron chi connectivity index (χ1n) is 6.00. The predicted molar refractivity (Wildman–Crippen MR) is 73.4 cm³/mol. The molecular weight excluding hydrogens is 298 g/mol. The summed E-state index contributed by atoms with van der Waals surface area (Å²) in [5, 5.41) is 11.6. The van der Waals surface area contributed by atoms with Gasteiger partial charge in [-0.2, -0.15) is 0 Å². The van der Waals surface area contributed by atoms with Crippen LogP contribution in [0.4, 0.5) is 5.69 Å². The molecule has 0 saturated heterocycles. The number of benzene rings is 1. The van der Waals surface area contributed by atoms with E-state index in [2.05, 4.69) is 15.9 Å². The number of nitrogens with zero attached hydrogens (tertiary/aromatic N) is 1. The summed E-state index contributed by atoms with van der Waals surface area (Å²) in [4.78, 5) is 10.3. The van der Waals surface area contributed by atoms with E-state index in [4.69, 9.17) is 4.74 Å². The standard InChI is InChI=1S/C13H16BrNO3/c1-10-7-11(15(16)17)3-4-12(10)18-9-13(8-14)5-2-6-13/h3-4,7H,2,5-6,8-9H2,1H3. The van der Waals surface area contributed by atoms with Gasteiger partial charge in [-0.3, -0.25) is 10.1 Å². The maximum Gasteiger partial charge on any atom is 0.269 e. The molecule has 5 heteroatoms. The van der Waals surface area contributed by atoms with Crippen molar-refractivity contribution in [2.75, 3.05) is 11.9 Å². The van der Waals surface area contributed by atoms with Gasteiger partial charge in [-0.1, -0.05) is 22.4 Å². The Kier molecular flexibility index (Phi) is 3.90. The third kappa shape index (κ3) is 2.66. The number of non-ortho nitro benzene ring substituents is 1. The Balaban J connectivity index is 2.03. The van der Waals surface area contributed by atoms with Gasteiger partial charge >= 0.3 is 0 Å². The lowest BCUT2D eigenvalue weighted by Gasteiger charge is -2.40. The molecule has 98 valence electrons. The van der Waals surface area contributed by atoms with Gasteiger partial charge in [0.25, 0.3) is 5.69 Å². The minimum Gasteiger partial charge on any atom is -0.493 e. The van der Waals surface area contributed by atoms with Crippen molar-refractivity contribution in [2.45, 2.75) is 26.2 Å². The first kappa shape index (κ1) is 13.3. The molecular formula is C13H16BrNO3. The van der Waals surface area contributed by atoms with Crippen molar-refractivity contribution in [1.29, 1.82) is 0 Å². The van der Waals surface area contributed by atoms with Crippen LogP contribution in [0.3, 0.4) is 0 Å². The Bertz CT molecular complexity index is 452. The topological polar surface area (TPSA) is 52.4 Å². The summed E-state index contributed by atoms with van der Waals surface area (Å²) in [6, 6.07) is 4.73. The van der Waals surface area contributed by atoms with Gasteiger partial charge in [-0.15, -0.1) is 0 Å². The Morgan fingerprint density at radius 1 is 1.50 bits per heavy atom. The largest absolute Gasteiger partial charge is 0.493 e. The molecule has 1 aliphatic rings. The molecule has 0 aliphatic heterocycles. The van der Waals surface area contributed by atoms with Crippen molar-refractivity contribution in [1.82, 2.24) is 0 Å². The molecule has 0 atom stereocenters. The molecule has 1 aromatic rings. The number of nitro benzene ring substituents is 1. The van der Waals surface area contributed by atoms with Gasteiger partial charge in [0.05, 0.1) is 11.5 Å². The lowest BCUT2D eigenvalue weighted by Crippen LogP contribution is -2.37. The van der Waals surface area contributed by atoms with Crippen LogP contribution in [0.2, 0.25) is 0 Å². The highest BCUT2D eigenvalue weighted by Gasteiger charge is 2.36. The third-order valence-electron chi connectivity index (χ3n) is 3.60. The Morgan fingerprint density at radius 2 is 2.22 bits per heavy atom. The number of hydrogen-bond acceptors (Lipinski definition) is 3. The number of halogens is 1. The average Bonchev–Trinajstić information content (AvgIpc) is 2.29. The van der Waals surface area contributed by atoms with Crippen molar-refractivity contribution >= 4 is 21.6 Å². The van der Waals surface area contributed by atoms with E-state index in [1.165, 1.54) is 25.3 Å². The van der Waals surface area contributed by atoms with E-state index in [1.54, 1.807) is 12.1 Å². The molecule has 1 aromatic carbocycles. The fraction of sp³-hybridized carbons (Fsp3) is 0.538. The smallest absolute Gasteiger partial charge is 0.269 e. The quantitative estimate of drug-likeness (QED) is 0.471. The average molecular weight is 314 g/mol. The summed E-state index contributed by atoms with van der Waals surface area (Å²) in [7, 11) is 0. The molecule has 4 nitrogen and oxygen atoms in total. The van der Waals surface area contributed by atoms with Crippen LogP contribution >= 0.6 is 15.9 Å². The number of hydrogen-bond donors (Lipinski definition) is 0. The van der Waals surface area contributed by atoms with E-state index in [1.807, 2.05) is 6.92 Å². The van der Waals surface area contributed by atoms with Gasteiger partial charge in [0, 0.05) is 22.9 Å². The molecule has 0 aromatic heterocycles. The van der Waals surface area contributed by atoms with Crippen LogP contribution in [0, 0.1) is 22.5 Å². The summed E-state index contributed by atoms with van der Waals surface area (Å²) in [6.07, 6.45) is 3.63. The first-order valence-corrected chi connectivity index (χ1v) is 7.12. The normalized spacial score (nSPS) is 17.0. The molecule has 1 fully saturated rings. The van der Waals surface area contributed by atoms with E-state index in [0.717, 1.165) is 16.6 Å². The molecule has 2 rings (SSSR count). The highest BCUT2D eigenvalue weighted by atomic mass is 79.9. The molecule has 0 radical (unpaired) electrons. The summed E-state index contributed by atoms with van der Waals surface area (Å²) < 4.78 is 5.82. The summed E-state index contributed by atoms with van der Waals surface area (Å²) in [5.41, 5.74) is 1.18. The summed E-state index contributed by atoms with van der Waals surface area (Å²) in [5.74, 6) is 0.743. The fourth-order valence-corrected chi connectivity index (χ4v) is 2.86. The van der Waals surface area contributed by atoms with Gasteiger partial charge in [0.2, 0.25) is 0 Å². The lowest BCUT2D eigenvalue weighted by atomic mass is 9.71. The van der Waals surface area contributed by atoms with Crippen LogP contribution in [-0.2, 0) is 0 Å². The van der Waals surface area contributed by atoms with Crippen LogP contribution in [0.15, 0.2) is 18.2 Å².